The van der Waals surface area contributed by atoms with E-state index in [1.807, 2.05) is 0 Å². The Bertz CT molecular complexity index is 1540. The van der Waals surface area contributed by atoms with E-state index in [4.69, 9.17) is 5.11 Å². The molecule has 42 heavy (non-hydrogen) atoms. The van der Waals surface area contributed by atoms with Gasteiger partial charge in [-0.1, -0.05) is 0 Å². The van der Waals surface area contributed by atoms with Gasteiger partial charge < -0.3 is 31.0 Å². The lowest BCUT2D eigenvalue weighted by atomic mass is 10.1. The Labute approximate surface area is 238 Å². The van der Waals surface area contributed by atoms with Crippen LogP contribution >= 0.6 is 0 Å². The third-order valence-corrected chi connectivity index (χ3v) is 6.03. The number of nitrogens with zero attached hydrogens (tertiary/aromatic N) is 3. The number of rotatable bonds is 15. The number of carboxylic acid groups (broad SMARTS) is 2. The normalized spacial score (nSPS) is 12.2. The summed E-state index contributed by atoms with van der Waals surface area (Å²) in [5.74, 6) is -3.81. The van der Waals surface area contributed by atoms with E-state index in [9.17, 15) is 33.9 Å². The fourth-order valence-corrected chi connectivity index (χ4v) is 3.76. The molecule has 16 heteroatoms. The highest BCUT2D eigenvalue weighted by Gasteiger charge is 2.22. The molecule has 222 valence electrons. The van der Waals surface area contributed by atoms with Crippen molar-refractivity contribution in [2.24, 2.45) is 0 Å². The minimum Gasteiger partial charge on any atom is -0.481 e. The first-order valence-corrected chi connectivity index (χ1v) is 12.8. The van der Waals surface area contributed by atoms with Crippen molar-refractivity contribution in [3.8, 4) is 0 Å². The standard InChI is InChI=1S/C26H30N8O8/c1-13(35)3-8-17(27-2)23(39)33-26-32-21-20(24(40)34-26)30-16(12-29-21)11-28-15-6-4-14(5-7-15)22(38)31-18(25(41)42)9-10-19(36)37/h4-7,12,17-18,27-28H,3,8-11H2,1-2H3,(H,31,38)(H,36,37)(H,41,42)(H2,29,32,33,34,39,40)/t17?,18-/m0/s1. The van der Waals surface area contributed by atoms with E-state index in [-0.39, 0.29) is 54.3 Å². The minimum absolute atomic E-state index is 0.0147. The summed E-state index contributed by atoms with van der Waals surface area (Å²) in [4.78, 5) is 85.8. The number of hydrogen-bond acceptors (Lipinski definition) is 11. The van der Waals surface area contributed by atoms with Gasteiger partial charge in [0.1, 0.15) is 11.8 Å². The summed E-state index contributed by atoms with van der Waals surface area (Å²) in [6.45, 7) is 1.59. The molecule has 2 heterocycles. The maximum atomic E-state index is 12.6. The number of benzene rings is 1. The van der Waals surface area contributed by atoms with Crippen molar-refractivity contribution in [2.75, 3.05) is 17.7 Å². The van der Waals surface area contributed by atoms with Gasteiger partial charge >= 0.3 is 11.9 Å². The molecule has 0 radical (unpaired) electrons. The molecule has 0 spiro atoms. The molecule has 0 aliphatic carbocycles. The zero-order chi connectivity index (χ0) is 30.8. The summed E-state index contributed by atoms with van der Waals surface area (Å²) in [7, 11) is 1.58. The molecule has 0 aliphatic rings. The molecule has 0 bridgehead atoms. The second-order valence-corrected chi connectivity index (χ2v) is 9.25. The largest absolute Gasteiger partial charge is 0.481 e. The van der Waals surface area contributed by atoms with Crippen LogP contribution in [0.1, 0.15) is 48.7 Å². The van der Waals surface area contributed by atoms with Gasteiger partial charge in [0.05, 0.1) is 24.5 Å². The lowest BCUT2D eigenvalue weighted by molar-refractivity contribution is -0.140. The van der Waals surface area contributed by atoms with Crippen LogP contribution < -0.4 is 26.8 Å². The van der Waals surface area contributed by atoms with Gasteiger partial charge in [-0.25, -0.2) is 14.8 Å². The molecule has 0 saturated carbocycles. The quantitative estimate of drug-likeness (QED) is 0.127. The number of hydrogen-bond donors (Lipinski definition) is 7. The molecule has 16 nitrogen and oxygen atoms in total. The summed E-state index contributed by atoms with van der Waals surface area (Å²) in [5.41, 5.74) is 0.511. The molecule has 3 aromatic rings. The van der Waals surface area contributed by atoms with E-state index in [1.165, 1.54) is 25.3 Å². The molecular weight excluding hydrogens is 552 g/mol. The van der Waals surface area contributed by atoms with E-state index < -0.39 is 47.8 Å². The van der Waals surface area contributed by atoms with E-state index in [1.54, 1.807) is 19.2 Å². The fraction of sp³-hybridized carbons (Fsp3) is 0.346. The predicted molar refractivity (Wildman–Crippen MR) is 149 cm³/mol. The highest BCUT2D eigenvalue weighted by molar-refractivity contribution is 5.97. The first kappa shape index (κ1) is 31.3. The van der Waals surface area contributed by atoms with Gasteiger partial charge in [0.2, 0.25) is 11.9 Å². The first-order valence-electron chi connectivity index (χ1n) is 12.8. The number of carboxylic acids is 2. The molecule has 1 aromatic carbocycles. The summed E-state index contributed by atoms with van der Waals surface area (Å²) < 4.78 is 0. The number of anilines is 2. The number of aromatic nitrogens is 4. The third kappa shape index (κ3) is 8.88. The molecule has 2 atom stereocenters. The Kier molecular flexibility index (Phi) is 10.7. The second-order valence-electron chi connectivity index (χ2n) is 9.25. The highest BCUT2D eigenvalue weighted by Crippen LogP contribution is 2.13. The van der Waals surface area contributed by atoms with Crippen LogP contribution in [0.15, 0.2) is 35.3 Å². The van der Waals surface area contributed by atoms with Gasteiger partial charge in [0.25, 0.3) is 11.5 Å². The number of likely N-dealkylation sites (N-methyl/N-ethyl adjacent to an activating group) is 1. The van der Waals surface area contributed by atoms with Gasteiger partial charge in [-0.05, 0) is 51.1 Å². The van der Waals surface area contributed by atoms with Crippen LogP contribution in [-0.4, -0.2) is 78.8 Å². The number of fused-ring (bicyclic) bond motifs is 1. The molecular formula is C26H30N8O8. The lowest BCUT2D eigenvalue weighted by Gasteiger charge is -2.14. The van der Waals surface area contributed by atoms with E-state index in [2.05, 4.69) is 41.2 Å². The number of ketones is 1. The molecule has 7 N–H and O–H groups in total. The Morgan fingerprint density at radius 2 is 1.67 bits per heavy atom. The van der Waals surface area contributed by atoms with Crippen LogP contribution in [0.4, 0.5) is 11.6 Å². The number of carbonyl (C=O) groups excluding carboxylic acids is 3. The second kappa shape index (κ2) is 14.4. The maximum Gasteiger partial charge on any atom is 0.326 e. The van der Waals surface area contributed by atoms with Crippen LogP contribution in [0.5, 0.6) is 0 Å². The van der Waals surface area contributed by atoms with Crippen LogP contribution in [-0.2, 0) is 25.7 Å². The van der Waals surface area contributed by atoms with E-state index >= 15 is 0 Å². The third-order valence-electron chi connectivity index (χ3n) is 6.03. The van der Waals surface area contributed by atoms with Crippen molar-refractivity contribution < 1.29 is 34.2 Å². The summed E-state index contributed by atoms with van der Waals surface area (Å²) in [6.07, 6.45) is 1.24. The lowest BCUT2D eigenvalue weighted by Crippen LogP contribution is -2.41. The zero-order valence-corrected chi connectivity index (χ0v) is 22.8. The van der Waals surface area contributed by atoms with Crippen LogP contribution in [0.25, 0.3) is 11.2 Å². The summed E-state index contributed by atoms with van der Waals surface area (Å²) >= 11 is 0. The highest BCUT2D eigenvalue weighted by atomic mass is 16.4. The van der Waals surface area contributed by atoms with Gasteiger partial charge in [0.15, 0.2) is 11.2 Å². The zero-order valence-electron chi connectivity index (χ0n) is 22.8. The van der Waals surface area contributed by atoms with E-state index in [0.29, 0.717) is 11.4 Å². The van der Waals surface area contributed by atoms with Crippen molar-refractivity contribution in [3.63, 3.8) is 0 Å². The maximum absolute atomic E-state index is 12.6. The topological polar surface area (TPSA) is 245 Å². The summed E-state index contributed by atoms with van der Waals surface area (Å²) in [5, 5.41) is 28.7. The van der Waals surface area contributed by atoms with Gasteiger partial charge in [-0.15, -0.1) is 0 Å². The monoisotopic (exact) mass is 582 g/mol. The number of Topliss-reactive ketones (excluding diaryl/α,β-unsaturated/α-hetero) is 1. The van der Waals surface area contributed by atoms with Crippen molar-refractivity contribution in [2.45, 2.75) is 51.2 Å². The van der Waals surface area contributed by atoms with E-state index in [0.717, 1.165) is 0 Å². The van der Waals surface area contributed by atoms with Gasteiger partial charge in [-0.3, -0.25) is 29.5 Å². The average Bonchev–Trinajstić information content (AvgIpc) is 2.94. The average molecular weight is 583 g/mol. The van der Waals surface area contributed by atoms with Crippen molar-refractivity contribution in [3.05, 3.63) is 52.1 Å². The van der Waals surface area contributed by atoms with Crippen molar-refractivity contribution in [1.82, 2.24) is 30.6 Å². The Balaban J connectivity index is 1.62. The van der Waals surface area contributed by atoms with Crippen LogP contribution in [0.2, 0.25) is 0 Å². The molecule has 3 rings (SSSR count). The van der Waals surface area contributed by atoms with Gasteiger partial charge in [0, 0.05) is 24.1 Å². The fourth-order valence-electron chi connectivity index (χ4n) is 3.76. The number of H-pyrrole nitrogens is 1. The van der Waals surface area contributed by atoms with Gasteiger partial charge in [-0.2, -0.15) is 4.98 Å². The SMILES string of the molecule is CNC(CCC(C)=O)C(=O)Nc1nc2ncc(CNc3ccc(C(=O)N[C@@H](CCC(=O)O)C(=O)O)cc3)nc2c(=O)[nH]1. The number of carbonyl (C=O) groups is 5. The number of aliphatic carboxylic acids is 2. The smallest absolute Gasteiger partial charge is 0.326 e. The van der Waals surface area contributed by atoms with Crippen LogP contribution in [0, 0.1) is 0 Å². The number of nitrogens with one attached hydrogen (secondary N) is 5. The Morgan fingerprint density at radius 3 is 2.29 bits per heavy atom. The molecule has 1 unspecified atom stereocenters. The molecule has 0 saturated heterocycles. The molecule has 0 aliphatic heterocycles. The Morgan fingerprint density at radius 1 is 0.976 bits per heavy atom. The number of amides is 2. The summed E-state index contributed by atoms with van der Waals surface area (Å²) in [6, 6.07) is 4.07. The number of aromatic amines is 1. The molecule has 2 amide bonds. The first-order chi connectivity index (χ1) is 20.0. The molecule has 0 fully saturated rings. The predicted octanol–water partition coefficient (Wildman–Crippen LogP) is 0.269. The Hall–Kier alpha value is -5.25. The van der Waals surface area contributed by atoms with Crippen molar-refractivity contribution >= 4 is 52.3 Å². The minimum atomic E-state index is -1.34. The van der Waals surface area contributed by atoms with Crippen LogP contribution in [0.3, 0.4) is 0 Å². The molecule has 2 aromatic heterocycles. The van der Waals surface area contributed by atoms with Crippen molar-refractivity contribution in [1.29, 1.82) is 0 Å².